The highest BCUT2D eigenvalue weighted by Gasteiger charge is 2.31. The number of halogens is 4. The van der Waals surface area contributed by atoms with E-state index >= 15 is 0 Å². The zero-order valence-corrected chi connectivity index (χ0v) is 8.55. The maximum Gasteiger partial charge on any atom is 0.416 e. The number of rotatable bonds is 1. The summed E-state index contributed by atoms with van der Waals surface area (Å²) in [5.41, 5.74) is -0.823. The first-order valence-electron chi connectivity index (χ1n) is 3.94. The van der Waals surface area contributed by atoms with Gasteiger partial charge >= 0.3 is 6.18 Å². The molecule has 0 amide bonds. The average molecular weight is 224 g/mol. The molecule has 5 heteroatoms. The zero-order valence-electron chi connectivity index (χ0n) is 7.40. The predicted octanol–water partition coefficient (Wildman–Crippen LogP) is 3.78. The van der Waals surface area contributed by atoms with Crippen molar-refractivity contribution in [1.29, 1.82) is 0 Å². The van der Waals surface area contributed by atoms with Crippen LogP contribution < -0.4 is 0 Å². The van der Waals surface area contributed by atoms with E-state index < -0.39 is 17.6 Å². The van der Waals surface area contributed by atoms with Gasteiger partial charge in [-0.1, -0.05) is 6.92 Å². The third-order valence-electron chi connectivity index (χ3n) is 1.77. The second-order valence-corrected chi connectivity index (χ2v) is 4.06. The first-order chi connectivity index (χ1) is 6.30. The summed E-state index contributed by atoms with van der Waals surface area (Å²) in [5.74, 6) is -0.857. The van der Waals surface area contributed by atoms with Crippen molar-refractivity contribution in [3.63, 3.8) is 0 Å². The molecule has 2 atom stereocenters. The van der Waals surface area contributed by atoms with Gasteiger partial charge in [0.1, 0.15) is 5.82 Å². The minimum absolute atomic E-state index is 0.202. The molecule has 0 saturated carbocycles. The minimum atomic E-state index is -4.49. The average Bonchev–Trinajstić information content (AvgIpc) is 2.01. The lowest BCUT2D eigenvalue weighted by Crippen LogP contribution is -2.06. The molecule has 0 aromatic heterocycles. The van der Waals surface area contributed by atoms with Crippen molar-refractivity contribution in [3.05, 3.63) is 35.1 Å². The quantitative estimate of drug-likeness (QED) is 0.503. The van der Waals surface area contributed by atoms with Gasteiger partial charge in [0, 0.05) is 0 Å². The molecule has 0 radical (unpaired) electrons. The van der Waals surface area contributed by atoms with Crippen LogP contribution in [0.2, 0.25) is 0 Å². The van der Waals surface area contributed by atoms with Crippen LogP contribution in [0.3, 0.4) is 0 Å². The Morgan fingerprint density at radius 2 is 1.79 bits per heavy atom. The molecule has 1 aromatic carbocycles. The Morgan fingerprint density at radius 1 is 1.21 bits per heavy atom. The third kappa shape index (κ3) is 2.68. The summed E-state index contributed by atoms with van der Waals surface area (Å²) in [6.07, 6.45) is -4.49. The van der Waals surface area contributed by atoms with Crippen molar-refractivity contribution in [3.8, 4) is 0 Å². The molecule has 0 saturated heterocycles. The molecule has 0 aliphatic rings. The van der Waals surface area contributed by atoms with Gasteiger partial charge < -0.3 is 0 Å². The molecule has 1 aromatic rings. The Kier molecular flexibility index (Phi) is 3.15. The molecular formula is C9H9F4P. The van der Waals surface area contributed by atoms with E-state index in [1.165, 1.54) is 0 Å². The van der Waals surface area contributed by atoms with Crippen molar-refractivity contribution < 1.29 is 17.6 Å². The van der Waals surface area contributed by atoms with Crippen LogP contribution in [0, 0.1) is 5.82 Å². The van der Waals surface area contributed by atoms with E-state index in [4.69, 9.17) is 0 Å². The third-order valence-corrected chi connectivity index (χ3v) is 2.16. The smallest absolute Gasteiger partial charge is 0.207 e. The minimum Gasteiger partial charge on any atom is -0.207 e. The highest BCUT2D eigenvalue weighted by atomic mass is 31.0. The summed E-state index contributed by atoms with van der Waals surface area (Å²) in [7, 11) is 2.32. The number of hydrogen-bond acceptors (Lipinski definition) is 0. The highest BCUT2D eigenvalue weighted by Crippen LogP contribution is 2.33. The lowest BCUT2D eigenvalue weighted by Gasteiger charge is -2.11. The lowest BCUT2D eigenvalue weighted by molar-refractivity contribution is -0.137. The highest BCUT2D eigenvalue weighted by molar-refractivity contribution is 7.17. The van der Waals surface area contributed by atoms with Crippen LogP contribution in [0.25, 0.3) is 0 Å². The lowest BCUT2D eigenvalue weighted by atomic mass is 10.1. The van der Waals surface area contributed by atoms with E-state index in [9.17, 15) is 17.6 Å². The number of hydrogen-bond donors (Lipinski definition) is 0. The van der Waals surface area contributed by atoms with Gasteiger partial charge in [0.25, 0.3) is 0 Å². The summed E-state index contributed by atoms with van der Waals surface area (Å²) in [6.45, 7) is 1.68. The van der Waals surface area contributed by atoms with E-state index in [-0.39, 0.29) is 5.66 Å². The molecule has 2 unspecified atom stereocenters. The van der Waals surface area contributed by atoms with Crippen molar-refractivity contribution in [2.75, 3.05) is 0 Å². The van der Waals surface area contributed by atoms with E-state index in [1.54, 1.807) is 6.92 Å². The molecule has 0 aliphatic heterocycles. The Balaban J connectivity index is 3.21. The van der Waals surface area contributed by atoms with Gasteiger partial charge in [0.05, 0.1) is 5.56 Å². The topological polar surface area (TPSA) is 0 Å². The van der Waals surface area contributed by atoms with Crippen LogP contribution in [-0.4, -0.2) is 0 Å². The maximum absolute atomic E-state index is 12.8. The molecular weight excluding hydrogens is 215 g/mol. The summed E-state index contributed by atoms with van der Waals surface area (Å²) in [6, 6.07) is 2.56. The standard InChI is InChI=1S/C9H9F4P/c1-5(14)6-2-7(9(11,12)13)4-8(10)3-6/h2-5H,14H2,1H3. The van der Waals surface area contributed by atoms with Crippen LogP contribution in [0.15, 0.2) is 18.2 Å². The normalized spacial score (nSPS) is 14.1. The molecule has 0 aliphatic carbocycles. The zero-order chi connectivity index (χ0) is 10.9. The molecule has 14 heavy (non-hydrogen) atoms. The summed E-state index contributed by atoms with van der Waals surface area (Å²) in [5, 5.41) is 0. The molecule has 0 heterocycles. The SMILES string of the molecule is CC(P)c1cc(F)cc(C(F)(F)F)c1. The van der Waals surface area contributed by atoms with E-state index in [2.05, 4.69) is 9.24 Å². The molecule has 0 bridgehead atoms. The van der Waals surface area contributed by atoms with Gasteiger partial charge in [-0.2, -0.15) is 13.2 Å². The van der Waals surface area contributed by atoms with Crippen molar-refractivity contribution in [1.82, 2.24) is 0 Å². The van der Waals surface area contributed by atoms with Crippen molar-refractivity contribution in [2.24, 2.45) is 0 Å². The number of alkyl halides is 3. The fraction of sp³-hybridized carbons (Fsp3) is 0.333. The van der Waals surface area contributed by atoms with E-state index in [0.29, 0.717) is 11.6 Å². The van der Waals surface area contributed by atoms with Crippen LogP contribution in [0.5, 0.6) is 0 Å². The fourth-order valence-electron chi connectivity index (χ4n) is 1.04. The van der Waals surface area contributed by atoms with Crippen LogP contribution in [0.1, 0.15) is 23.7 Å². The van der Waals surface area contributed by atoms with E-state index in [1.807, 2.05) is 0 Å². The molecule has 1 rings (SSSR count). The molecule has 78 valence electrons. The maximum atomic E-state index is 12.8. The Hall–Kier alpha value is -0.630. The van der Waals surface area contributed by atoms with Crippen LogP contribution >= 0.6 is 9.24 Å². The van der Waals surface area contributed by atoms with Crippen LogP contribution in [0.4, 0.5) is 17.6 Å². The summed E-state index contributed by atoms with van der Waals surface area (Å²) < 4.78 is 49.5. The van der Waals surface area contributed by atoms with Crippen LogP contribution in [-0.2, 0) is 6.18 Å². The Bertz CT molecular complexity index is 330. The van der Waals surface area contributed by atoms with Gasteiger partial charge in [0.15, 0.2) is 0 Å². The van der Waals surface area contributed by atoms with Gasteiger partial charge in [-0.3, -0.25) is 0 Å². The molecule has 0 N–H and O–H groups in total. The first kappa shape index (κ1) is 11.4. The number of benzene rings is 1. The molecule has 0 nitrogen and oxygen atoms in total. The van der Waals surface area contributed by atoms with Gasteiger partial charge in [-0.05, 0) is 29.4 Å². The second kappa shape index (κ2) is 3.85. The Labute approximate surface area is 81.5 Å². The predicted molar refractivity (Wildman–Crippen MR) is 49.5 cm³/mol. The largest absolute Gasteiger partial charge is 0.416 e. The van der Waals surface area contributed by atoms with Gasteiger partial charge in [0.2, 0.25) is 0 Å². The fourth-order valence-corrected chi connectivity index (χ4v) is 1.23. The van der Waals surface area contributed by atoms with Gasteiger partial charge in [-0.25, -0.2) is 4.39 Å². The monoisotopic (exact) mass is 224 g/mol. The van der Waals surface area contributed by atoms with Gasteiger partial charge in [-0.15, -0.1) is 9.24 Å². The Morgan fingerprint density at radius 3 is 2.21 bits per heavy atom. The first-order valence-corrected chi connectivity index (χ1v) is 4.60. The summed E-state index contributed by atoms with van der Waals surface area (Å²) >= 11 is 0. The molecule has 0 fully saturated rings. The van der Waals surface area contributed by atoms with Crippen molar-refractivity contribution in [2.45, 2.75) is 18.8 Å². The van der Waals surface area contributed by atoms with Crippen molar-refractivity contribution >= 4 is 9.24 Å². The summed E-state index contributed by atoms with van der Waals surface area (Å²) in [4.78, 5) is 0. The second-order valence-electron chi connectivity index (χ2n) is 3.06. The molecule has 0 spiro atoms. The van der Waals surface area contributed by atoms with E-state index in [0.717, 1.165) is 12.1 Å².